The summed E-state index contributed by atoms with van der Waals surface area (Å²) in [7, 11) is -4.04. The molecule has 0 spiro atoms. The van der Waals surface area contributed by atoms with Crippen molar-refractivity contribution < 1.29 is 22.0 Å². The molecular formula is C21H22F2N4O3S. The van der Waals surface area contributed by atoms with Crippen molar-refractivity contribution in [2.75, 3.05) is 37.6 Å². The van der Waals surface area contributed by atoms with Gasteiger partial charge in [-0.1, -0.05) is 0 Å². The van der Waals surface area contributed by atoms with Gasteiger partial charge in [0, 0.05) is 44.8 Å². The average molecular weight is 448 g/mol. The van der Waals surface area contributed by atoms with Gasteiger partial charge in [0.25, 0.3) is 0 Å². The molecule has 0 bridgehead atoms. The number of carbonyl (C=O) groups is 1. The van der Waals surface area contributed by atoms with E-state index in [-0.39, 0.29) is 18.9 Å². The molecule has 3 rings (SSSR count). The lowest BCUT2D eigenvalue weighted by Crippen LogP contribution is -2.37. The predicted octanol–water partition coefficient (Wildman–Crippen LogP) is 2.24. The number of benzene rings is 2. The molecule has 1 saturated heterocycles. The summed E-state index contributed by atoms with van der Waals surface area (Å²) in [5.74, 6) is -2.57. The molecule has 0 aromatic heterocycles. The Morgan fingerprint density at radius 1 is 1.03 bits per heavy atom. The van der Waals surface area contributed by atoms with Crippen LogP contribution >= 0.6 is 0 Å². The number of amides is 1. The molecule has 0 unspecified atom stereocenters. The van der Waals surface area contributed by atoms with Crippen LogP contribution in [0, 0.1) is 23.0 Å². The molecule has 10 heteroatoms. The minimum Gasteiger partial charge on any atom is -0.370 e. The zero-order valence-electron chi connectivity index (χ0n) is 16.7. The first-order chi connectivity index (χ1) is 14.8. The van der Waals surface area contributed by atoms with Gasteiger partial charge in [0.05, 0.1) is 16.5 Å². The third kappa shape index (κ3) is 5.77. The number of nitriles is 1. The van der Waals surface area contributed by atoms with E-state index in [0.717, 1.165) is 30.8 Å². The first-order valence-corrected chi connectivity index (χ1v) is 11.3. The Balaban J connectivity index is 1.51. The highest BCUT2D eigenvalue weighted by Gasteiger charge is 2.21. The van der Waals surface area contributed by atoms with E-state index >= 15 is 0 Å². The zero-order chi connectivity index (χ0) is 22.4. The van der Waals surface area contributed by atoms with Gasteiger partial charge < -0.3 is 9.80 Å². The number of nitrogens with zero attached hydrogens (tertiary/aromatic N) is 3. The number of carbonyl (C=O) groups excluding carboxylic acids is 1. The van der Waals surface area contributed by atoms with Gasteiger partial charge in [-0.05, 0) is 48.9 Å². The quantitative estimate of drug-likeness (QED) is 0.732. The molecule has 0 aliphatic carbocycles. The topological polar surface area (TPSA) is 93.5 Å². The first kappa shape index (κ1) is 22.7. The molecule has 1 aliphatic rings. The summed E-state index contributed by atoms with van der Waals surface area (Å²) in [4.78, 5) is 16.0. The van der Waals surface area contributed by atoms with Crippen molar-refractivity contribution in [2.24, 2.45) is 0 Å². The number of nitrogens with one attached hydrogen (secondary N) is 1. The van der Waals surface area contributed by atoms with Gasteiger partial charge in [-0.2, -0.15) is 5.26 Å². The van der Waals surface area contributed by atoms with Gasteiger partial charge in [-0.15, -0.1) is 0 Å². The Kier molecular flexibility index (Phi) is 7.20. The summed E-state index contributed by atoms with van der Waals surface area (Å²) >= 11 is 0. The van der Waals surface area contributed by atoms with E-state index in [0.29, 0.717) is 31.3 Å². The van der Waals surface area contributed by atoms with Crippen LogP contribution in [0.1, 0.15) is 18.4 Å². The fraction of sp³-hybridized carbons (Fsp3) is 0.333. The third-order valence-corrected chi connectivity index (χ3v) is 6.50. The Morgan fingerprint density at radius 2 is 1.77 bits per heavy atom. The molecule has 7 nitrogen and oxygen atoms in total. The molecule has 31 heavy (non-hydrogen) atoms. The van der Waals surface area contributed by atoms with E-state index in [4.69, 9.17) is 5.26 Å². The largest absolute Gasteiger partial charge is 0.370 e. The van der Waals surface area contributed by atoms with Gasteiger partial charge in [-0.25, -0.2) is 21.9 Å². The highest BCUT2D eigenvalue weighted by Crippen LogP contribution is 2.18. The second-order valence-electron chi connectivity index (χ2n) is 7.10. The lowest BCUT2D eigenvalue weighted by Gasteiger charge is -2.24. The van der Waals surface area contributed by atoms with Crippen molar-refractivity contribution >= 4 is 21.6 Å². The van der Waals surface area contributed by atoms with Crippen molar-refractivity contribution in [3.05, 3.63) is 59.7 Å². The van der Waals surface area contributed by atoms with Gasteiger partial charge in [0.15, 0.2) is 11.6 Å². The van der Waals surface area contributed by atoms with E-state index in [2.05, 4.69) is 15.7 Å². The maximum absolute atomic E-state index is 13.3. The molecule has 164 valence electrons. The fourth-order valence-electron chi connectivity index (χ4n) is 3.35. The zero-order valence-corrected chi connectivity index (χ0v) is 17.5. The van der Waals surface area contributed by atoms with E-state index in [1.807, 2.05) is 12.1 Å². The maximum Gasteiger partial charge on any atom is 0.240 e. The summed E-state index contributed by atoms with van der Waals surface area (Å²) in [6, 6.07) is 11.7. The summed E-state index contributed by atoms with van der Waals surface area (Å²) in [5, 5.41) is 8.91. The van der Waals surface area contributed by atoms with Gasteiger partial charge in [0.2, 0.25) is 15.9 Å². The van der Waals surface area contributed by atoms with Gasteiger partial charge >= 0.3 is 0 Å². The first-order valence-electron chi connectivity index (χ1n) is 9.78. The number of sulfonamides is 1. The van der Waals surface area contributed by atoms with Crippen molar-refractivity contribution in [3.63, 3.8) is 0 Å². The van der Waals surface area contributed by atoms with Crippen molar-refractivity contribution in [3.8, 4) is 6.07 Å². The van der Waals surface area contributed by atoms with Gasteiger partial charge in [-0.3, -0.25) is 4.79 Å². The van der Waals surface area contributed by atoms with Crippen molar-refractivity contribution in [2.45, 2.75) is 17.7 Å². The molecule has 0 atom stereocenters. The minimum absolute atomic E-state index is 0.0419. The summed E-state index contributed by atoms with van der Waals surface area (Å²) < 4.78 is 52.9. The number of rotatable bonds is 6. The molecule has 0 saturated carbocycles. The fourth-order valence-corrected chi connectivity index (χ4v) is 4.39. The summed E-state index contributed by atoms with van der Waals surface area (Å²) in [6.07, 6.45) is 0.714. The summed E-state index contributed by atoms with van der Waals surface area (Å²) in [6.45, 7) is 2.29. The van der Waals surface area contributed by atoms with Crippen LogP contribution in [0.5, 0.6) is 0 Å². The lowest BCUT2D eigenvalue weighted by molar-refractivity contribution is -0.130. The van der Waals surface area contributed by atoms with Crippen LogP contribution in [0.25, 0.3) is 0 Å². The molecule has 1 aliphatic heterocycles. The van der Waals surface area contributed by atoms with Crippen molar-refractivity contribution in [1.29, 1.82) is 5.26 Å². The highest BCUT2D eigenvalue weighted by molar-refractivity contribution is 7.89. The molecule has 1 fully saturated rings. The van der Waals surface area contributed by atoms with E-state index in [1.54, 1.807) is 17.0 Å². The Bertz CT molecular complexity index is 1080. The number of hydrogen-bond donors (Lipinski definition) is 1. The van der Waals surface area contributed by atoms with Crippen LogP contribution < -0.4 is 9.62 Å². The van der Waals surface area contributed by atoms with E-state index < -0.39 is 26.6 Å². The molecule has 1 amide bonds. The van der Waals surface area contributed by atoms with E-state index in [1.165, 1.54) is 0 Å². The van der Waals surface area contributed by atoms with E-state index in [9.17, 15) is 22.0 Å². The van der Waals surface area contributed by atoms with Gasteiger partial charge in [0.1, 0.15) is 0 Å². The second-order valence-corrected chi connectivity index (χ2v) is 8.87. The predicted molar refractivity (Wildman–Crippen MR) is 111 cm³/mol. The van der Waals surface area contributed by atoms with Crippen LogP contribution in [-0.4, -0.2) is 51.9 Å². The van der Waals surface area contributed by atoms with Crippen LogP contribution in [0.15, 0.2) is 47.4 Å². The second kappa shape index (κ2) is 9.85. The molecule has 1 N–H and O–H groups in total. The number of halogens is 2. The highest BCUT2D eigenvalue weighted by atomic mass is 32.2. The molecule has 2 aromatic carbocycles. The van der Waals surface area contributed by atoms with Crippen LogP contribution in [-0.2, 0) is 14.8 Å². The van der Waals surface area contributed by atoms with Crippen LogP contribution in [0.3, 0.4) is 0 Å². The molecular weight excluding hydrogens is 426 g/mol. The third-order valence-electron chi connectivity index (χ3n) is 5.04. The Hall–Kier alpha value is -3.03. The standard InChI is InChI=1S/C21H22F2N4O3S/c22-19-7-6-18(14-20(19)23)31(29,30)25-9-8-21(28)27-11-1-10-26(12-13-27)17-4-2-16(15-24)3-5-17/h2-7,14,25H,1,8-13H2. The average Bonchev–Trinajstić information content (AvgIpc) is 3.02. The smallest absolute Gasteiger partial charge is 0.240 e. The molecule has 1 heterocycles. The molecule has 2 aromatic rings. The Labute approximate surface area is 179 Å². The number of hydrogen-bond acceptors (Lipinski definition) is 5. The Morgan fingerprint density at radius 3 is 2.45 bits per heavy atom. The van der Waals surface area contributed by atoms with Crippen LogP contribution in [0.4, 0.5) is 14.5 Å². The lowest BCUT2D eigenvalue weighted by atomic mass is 10.2. The summed E-state index contributed by atoms with van der Waals surface area (Å²) in [5.41, 5.74) is 1.56. The van der Waals surface area contributed by atoms with Crippen LogP contribution in [0.2, 0.25) is 0 Å². The number of anilines is 1. The van der Waals surface area contributed by atoms with Crippen molar-refractivity contribution in [1.82, 2.24) is 9.62 Å². The minimum atomic E-state index is -4.04. The molecule has 0 radical (unpaired) electrons. The normalized spacial score (nSPS) is 14.7. The monoisotopic (exact) mass is 448 g/mol. The maximum atomic E-state index is 13.3. The SMILES string of the molecule is N#Cc1ccc(N2CCCN(C(=O)CCNS(=O)(=O)c3ccc(F)c(F)c3)CC2)cc1.